The Labute approximate surface area is 77.1 Å². The third-order valence-corrected chi connectivity index (χ3v) is 6.35. The van der Waals surface area contributed by atoms with Gasteiger partial charge in [0, 0.05) is 0 Å². The minimum absolute atomic E-state index is 0.273. The Kier molecular flexibility index (Phi) is 2.44. The Morgan fingerprint density at radius 1 is 0.923 bits per heavy atom. The molecule has 0 aliphatic carbocycles. The standard InChI is InChI=1S/C5H10O6S2/c1-5(2)12(6,7)10-3-4-11-13(5,8)9/h3-4H2,1-2H3. The molecular formula is C5H10O6S2. The fraction of sp³-hybridized carbons (Fsp3) is 1.00. The number of hydrogen-bond acceptors (Lipinski definition) is 6. The molecule has 1 aliphatic rings. The summed E-state index contributed by atoms with van der Waals surface area (Å²) in [5.74, 6) is 0. The monoisotopic (exact) mass is 230 g/mol. The summed E-state index contributed by atoms with van der Waals surface area (Å²) in [6, 6.07) is 0. The van der Waals surface area contributed by atoms with Gasteiger partial charge in [-0.2, -0.15) is 16.8 Å². The highest BCUT2D eigenvalue weighted by atomic mass is 32.3. The summed E-state index contributed by atoms with van der Waals surface area (Å²) < 4.78 is 51.8. The minimum atomic E-state index is -4.12. The van der Waals surface area contributed by atoms with E-state index in [1.54, 1.807) is 0 Å². The van der Waals surface area contributed by atoms with Crippen molar-refractivity contribution >= 4 is 20.2 Å². The maximum absolute atomic E-state index is 11.3. The molecule has 1 aliphatic heterocycles. The molecule has 0 aromatic heterocycles. The second-order valence-electron chi connectivity index (χ2n) is 2.95. The van der Waals surface area contributed by atoms with E-state index < -0.39 is 24.3 Å². The van der Waals surface area contributed by atoms with Gasteiger partial charge >= 0.3 is 0 Å². The molecule has 0 aromatic carbocycles. The quantitative estimate of drug-likeness (QED) is 0.518. The lowest BCUT2D eigenvalue weighted by Crippen LogP contribution is -2.40. The van der Waals surface area contributed by atoms with Gasteiger partial charge in [-0.25, -0.2) is 0 Å². The third-order valence-electron chi connectivity index (χ3n) is 1.76. The van der Waals surface area contributed by atoms with Crippen LogP contribution >= 0.6 is 0 Å². The van der Waals surface area contributed by atoms with E-state index in [1.807, 2.05) is 0 Å². The molecule has 0 N–H and O–H groups in total. The molecule has 8 heteroatoms. The van der Waals surface area contributed by atoms with Crippen LogP contribution in [0.2, 0.25) is 0 Å². The van der Waals surface area contributed by atoms with Gasteiger partial charge in [-0.05, 0) is 13.8 Å². The maximum Gasteiger partial charge on any atom is 0.289 e. The minimum Gasteiger partial charge on any atom is -0.266 e. The summed E-state index contributed by atoms with van der Waals surface area (Å²) in [6.07, 6.45) is 0. The molecule has 0 bridgehead atoms. The molecule has 0 spiro atoms. The summed E-state index contributed by atoms with van der Waals surface area (Å²) >= 11 is 0. The normalized spacial score (nSPS) is 30.6. The van der Waals surface area contributed by atoms with E-state index in [1.165, 1.54) is 0 Å². The summed E-state index contributed by atoms with van der Waals surface area (Å²) in [5.41, 5.74) is 0. The molecule has 0 amide bonds. The molecule has 1 saturated heterocycles. The van der Waals surface area contributed by atoms with Gasteiger partial charge in [0.2, 0.25) is 4.08 Å². The fourth-order valence-electron chi connectivity index (χ4n) is 0.696. The van der Waals surface area contributed by atoms with E-state index in [4.69, 9.17) is 0 Å². The van der Waals surface area contributed by atoms with Crippen molar-refractivity contribution in [3.63, 3.8) is 0 Å². The molecule has 13 heavy (non-hydrogen) atoms. The van der Waals surface area contributed by atoms with Gasteiger partial charge in [-0.3, -0.25) is 8.37 Å². The van der Waals surface area contributed by atoms with E-state index in [0.29, 0.717) is 0 Å². The van der Waals surface area contributed by atoms with Crippen molar-refractivity contribution in [2.75, 3.05) is 13.2 Å². The van der Waals surface area contributed by atoms with Gasteiger partial charge in [0.05, 0.1) is 13.2 Å². The number of hydrogen-bond donors (Lipinski definition) is 0. The summed E-state index contributed by atoms with van der Waals surface area (Å²) in [4.78, 5) is 0. The Morgan fingerprint density at radius 2 is 1.23 bits per heavy atom. The maximum atomic E-state index is 11.3. The molecule has 0 radical (unpaired) electrons. The van der Waals surface area contributed by atoms with Crippen LogP contribution in [0.25, 0.3) is 0 Å². The first kappa shape index (κ1) is 10.9. The van der Waals surface area contributed by atoms with Gasteiger partial charge in [-0.15, -0.1) is 0 Å². The number of rotatable bonds is 0. The molecule has 1 fully saturated rings. The molecule has 0 atom stereocenters. The lowest BCUT2D eigenvalue weighted by Gasteiger charge is -2.18. The zero-order valence-corrected chi connectivity index (χ0v) is 8.81. The Morgan fingerprint density at radius 3 is 1.54 bits per heavy atom. The molecule has 1 rings (SSSR count). The highest BCUT2D eigenvalue weighted by molar-refractivity contribution is 8.06. The van der Waals surface area contributed by atoms with E-state index in [2.05, 4.69) is 8.37 Å². The molecule has 0 unspecified atom stereocenters. The summed E-state index contributed by atoms with van der Waals surface area (Å²) in [5, 5.41) is 0. The van der Waals surface area contributed by atoms with Crippen molar-refractivity contribution in [3.05, 3.63) is 0 Å². The van der Waals surface area contributed by atoms with Crippen molar-refractivity contribution in [1.29, 1.82) is 0 Å². The average Bonchev–Trinajstić information content (AvgIpc) is 2.01. The lowest BCUT2D eigenvalue weighted by molar-refractivity contribution is 0.237. The molecule has 6 nitrogen and oxygen atoms in total. The van der Waals surface area contributed by atoms with Crippen molar-refractivity contribution in [1.82, 2.24) is 0 Å². The Balaban J connectivity index is 3.36. The molecular weight excluding hydrogens is 220 g/mol. The van der Waals surface area contributed by atoms with Gasteiger partial charge < -0.3 is 0 Å². The second-order valence-corrected chi connectivity index (χ2v) is 7.54. The van der Waals surface area contributed by atoms with Crippen molar-refractivity contribution in [2.45, 2.75) is 17.9 Å². The lowest BCUT2D eigenvalue weighted by atomic mass is 10.5. The smallest absolute Gasteiger partial charge is 0.266 e. The predicted molar refractivity (Wildman–Crippen MR) is 43.8 cm³/mol. The summed E-state index contributed by atoms with van der Waals surface area (Å²) in [7, 11) is -8.24. The van der Waals surface area contributed by atoms with Crippen LogP contribution in [-0.2, 0) is 28.6 Å². The van der Waals surface area contributed by atoms with E-state index in [0.717, 1.165) is 13.8 Å². The largest absolute Gasteiger partial charge is 0.289 e. The SMILES string of the molecule is CC1(C)S(=O)(=O)OCCOS1(=O)=O. The van der Waals surface area contributed by atoms with Gasteiger partial charge in [0.1, 0.15) is 0 Å². The zero-order chi connectivity index (χ0) is 10.3. The van der Waals surface area contributed by atoms with Crippen LogP contribution in [0.4, 0.5) is 0 Å². The molecule has 0 aromatic rings. The van der Waals surface area contributed by atoms with Crippen LogP contribution in [0.5, 0.6) is 0 Å². The van der Waals surface area contributed by atoms with Crippen LogP contribution in [-0.4, -0.2) is 34.1 Å². The average molecular weight is 230 g/mol. The predicted octanol–water partition coefficient (Wildman–Crippen LogP) is -0.571. The Bertz CT molecular complexity index is 351. The Hall–Kier alpha value is -0.180. The van der Waals surface area contributed by atoms with Crippen molar-refractivity contribution in [2.24, 2.45) is 0 Å². The highest BCUT2D eigenvalue weighted by Gasteiger charge is 2.50. The third kappa shape index (κ3) is 1.58. The van der Waals surface area contributed by atoms with E-state index >= 15 is 0 Å². The van der Waals surface area contributed by atoms with Crippen molar-refractivity contribution < 1.29 is 25.2 Å². The van der Waals surface area contributed by atoms with Gasteiger partial charge in [0.15, 0.2) is 0 Å². The first-order valence-corrected chi connectivity index (χ1v) is 6.30. The van der Waals surface area contributed by atoms with Crippen LogP contribution in [0.1, 0.15) is 13.8 Å². The van der Waals surface area contributed by atoms with E-state index in [-0.39, 0.29) is 13.2 Å². The van der Waals surface area contributed by atoms with Crippen LogP contribution < -0.4 is 0 Å². The van der Waals surface area contributed by atoms with E-state index in [9.17, 15) is 16.8 Å². The van der Waals surface area contributed by atoms with Gasteiger partial charge in [0.25, 0.3) is 20.2 Å². The van der Waals surface area contributed by atoms with Crippen LogP contribution in [0, 0.1) is 0 Å². The topological polar surface area (TPSA) is 86.7 Å². The molecule has 1 heterocycles. The zero-order valence-electron chi connectivity index (χ0n) is 7.18. The van der Waals surface area contributed by atoms with Crippen LogP contribution in [0.15, 0.2) is 0 Å². The molecule has 78 valence electrons. The first-order valence-electron chi connectivity index (χ1n) is 3.49. The summed E-state index contributed by atoms with van der Waals surface area (Å²) in [6.45, 7) is 1.52. The van der Waals surface area contributed by atoms with Crippen LogP contribution in [0.3, 0.4) is 0 Å². The van der Waals surface area contributed by atoms with Gasteiger partial charge in [-0.1, -0.05) is 0 Å². The molecule has 0 saturated carbocycles. The second kappa shape index (κ2) is 2.91. The van der Waals surface area contributed by atoms with Crippen molar-refractivity contribution in [3.8, 4) is 0 Å². The fourth-order valence-corrected chi connectivity index (χ4v) is 3.13. The first-order chi connectivity index (χ1) is 5.71. The highest BCUT2D eigenvalue weighted by Crippen LogP contribution is 2.28.